The molecule has 0 amide bonds. The molecule has 0 spiro atoms. The van der Waals surface area contributed by atoms with E-state index in [1.54, 1.807) is 0 Å². The van der Waals surface area contributed by atoms with Gasteiger partial charge in [-0.2, -0.15) is 0 Å². The van der Waals surface area contributed by atoms with E-state index in [1.165, 1.54) is 399 Å². The lowest BCUT2D eigenvalue weighted by Gasteiger charge is -2.29. The van der Waals surface area contributed by atoms with Crippen LogP contribution in [0.1, 0.15) is 505 Å². The molecular weight excluding hydrogens is 1550 g/mol. The average Bonchev–Trinajstić information content (AvgIpc) is 1.51. The van der Waals surface area contributed by atoms with E-state index in [-0.39, 0.29) is 36.4 Å². The molecule has 2 fully saturated rings. The number of hydrogen-bond acceptors (Lipinski definition) is 14. The minimum Gasteiger partial charge on any atom is -0.465 e. The third-order valence-electron chi connectivity index (χ3n) is 26.6. The minimum atomic E-state index is -2.26. The third kappa shape index (κ3) is 74.6. The molecule has 728 valence electrons. The van der Waals surface area contributed by atoms with E-state index >= 15 is 0 Å². The number of ether oxygens (including phenoxy) is 4. The summed E-state index contributed by atoms with van der Waals surface area (Å²) < 4.78 is 50.7. The first-order valence-corrected chi connectivity index (χ1v) is 60.2. The number of likely N-dealkylation sites (tertiary alicyclic amines) is 2. The molecule has 0 aromatic heterocycles. The molecule has 122 heavy (non-hydrogen) atoms. The van der Waals surface area contributed by atoms with Crippen LogP contribution >= 0.6 is 0 Å². The molecule has 2 aliphatic heterocycles. The van der Waals surface area contributed by atoms with Gasteiger partial charge in [0.15, 0.2) is 0 Å². The maximum atomic E-state index is 13.1. The fourth-order valence-electron chi connectivity index (χ4n) is 18.2. The highest BCUT2D eigenvalue weighted by Gasteiger charge is 2.32. The van der Waals surface area contributed by atoms with E-state index in [0.29, 0.717) is 13.2 Å². The molecule has 0 aliphatic carbocycles. The second kappa shape index (κ2) is 87.9. The summed E-state index contributed by atoms with van der Waals surface area (Å²) in [5.74, 6) is 0.384. The normalized spacial score (nSPS) is 15.9. The van der Waals surface area contributed by atoms with E-state index < -0.39 is 17.1 Å². The van der Waals surface area contributed by atoms with Crippen LogP contribution in [0.3, 0.4) is 0 Å². The van der Waals surface area contributed by atoms with Crippen molar-refractivity contribution in [1.82, 2.24) is 19.6 Å². The van der Waals surface area contributed by atoms with Crippen LogP contribution in [0.15, 0.2) is 0 Å². The average molecular weight is 1760 g/mol. The van der Waals surface area contributed by atoms with Crippen LogP contribution in [-0.4, -0.2) is 179 Å². The van der Waals surface area contributed by atoms with Gasteiger partial charge >= 0.3 is 29.1 Å². The summed E-state index contributed by atoms with van der Waals surface area (Å²) in [5, 5.41) is 0. The Morgan fingerprint density at radius 1 is 0.287 bits per heavy atom. The van der Waals surface area contributed by atoms with Gasteiger partial charge in [0.25, 0.3) is 0 Å². The lowest BCUT2D eigenvalue weighted by Crippen LogP contribution is -2.40. The summed E-state index contributed by atoms with van der Waals surface area (Å²) in [7, 11) is 0.103. The molecule has 0 saturated carbocycles. The quantitative estimate of drug-likeness (QED) is 0.0249. The Morgan fingerprint density at radius 2 is 0.516 bits per heavy atom. The van der Waals surface area contributed by atoms with Crippen LogP contribution in [0.25, 0.3) is 0 Å². The Kier molecular flexibility index (Phi) is 85.8. The van der Waals surface area contributed by atoms with E-state index in [9.17, 15) is 9.59 Å². The number of esters is 2. The van der Waals surface area contributed by atoms with Gasteiger partial charge in [-0.1, -0.05) is 351 Å². The number of hydrogen-bond donors (Lipinski definition) is 0. The molecule has 0 aromatic rings. The minimum absolute atomic E-state index is 0.0830. The molecule has 2 heterocycles. The van der Waals surface area contributed by atoms with Gasteiger partial charge in [-0.15, -0.1) is 0 Å². The molecule has 0 radical (unpaired) electrons. The number of unbranched alkanes of at least 4 members (excludes halogenated alkanes) is 46. The van der Waals surface area contributed by atoms with Gasteiger partial charge in [-0.25, -0.2) is 0 Å². The first-order valence-electron chi connectivity index (χ1n) is 54.6. The maximum Gasteiger partial charge on any atom is 0.333 e. The predicted molar refractivity (Wildman–Crippen MR) is 532 cm³/mol. The van der Waals surface area contributed by atoms with Gasteiger partial charge in [0.2, 0.25) is 0 Å². The fourth-order valence-corrected chi connectivity index (χ4v) is 21.3. The van der Waals surface area contributed by atoms with Gasteiger partial charge in [-0.05, 0) is 247 Å². The van der Waals surface area contributed by atoms with Crippen molar-refractivity contribution in [3.8, 4) is 0 Å². The summed E-state index contributed by atoms with van der Waals surface area (Å²) in [6.45, 7) is 41.1. The smallest absolute Gasteiger partial charge is 0.333 e. The molecule has 16 heteroatoms. The molecule has 0 N–H and O–H groups in total. The lowest BCUT2D eigenvalue weighted by atomic mass is 9.94. The summed E-state index contributed by atoms with van der Waals surface area (Å²) >= 11 is 0. The first-order chi connectivity index (χ1) is 59.5. The Hall–Kier alpha value is -1.03. The van der Waals surface area contributed by atoms with E-state index in [2.05, 4.69) is 115 Å². The highest BCUT2D eigenvalue weighted by atomic mass is 28.4. The van der Waals surface area contributed by atoms with Crippen molar-refractivity contribution in [3.63, 3.8) is 0 Å². The van der Waals surface area contributed by atoms with Gasteiger partial charge in [-0.3, -0.25) is 9.59 Å². The van der Waals surface area contributed by atoms with E-state index in [4.69, 9.17) is 36.7 Å². The van der Waals surface area contributed by atoms with Crippen molar-refractivity contribution < 1.29 is 46.2 Å². The van der Waals surface area contributed by atoms with Gasteiger partial charge in [0.1, 0.15) is 12.6 Å². The van der Waals surface area contributed by atoms with Crippen molar-refractivity contribution in [2.75, 3.05) is 106 Å². The van der Waals surface area contributed by atoms with Crippen molar-refractivity contribution >= 4 is 29.1 Å². The van der Waals surface area contributed by atoms with Crippen molar-refractivity contribution in [1.29, 1.82) is 0 Å². The van der Waals surface area contributed by atoms with Crippen LogP contribution < -0.4 is 0 Å². The van der Waals surface area contributed by atoms with E-state index in [1.807, 2.05) is 0 Å². The summed E-state index contributed by atoms with van der Waals surface area (Å²) in [6.07, 6.45) is 86.0. The zero-order valence-corrected chi connectivity index (χ0v) is 86.7. The van der Waals surface area contributed by atoms with Crippen molar-refractivity contribution in [2.24, 2.45) is 11.8 Å². The van der Waals surface area contributed by atoms with Gasteiger partial charge < -0.3 is 56.3 Å². The largest absolute Gasteiger partial charge is 0.465 e. The van der Waals surface area contributed by atoms with Gasteiger partial charge in [0.05, 0.1) is 25.0 Å². The Labute approximate surface area is 764 Å². The van der Waals surface area contributed by atoms with Crippen molar-refractivity contribution in [2.45, 2.75) is 556 Å². The SMILES string of the molecule is CCCCCCCCOC(CCCCCCC)O[Si](C)(C)OCCCCCCN(CCCCCCOC(=O)C(CCCCCC)CCCCCCCC)CCC1CCCN1C.CCCCCCCCOC(CCCCCCC)O[Si](C)(C)OCCCCCCN(CCCCCCOC(=O)C(CCCCCC)CCCCCCCC)CCC1CCCN1C. The number of carbonyl (C=O) groups excluding carboxylic acids is 2. The molecular formula is C106H216N4O10Si2. The maximum absolute atomic E-state index is 13.1. The highest BCUT2D eigenvalue weighted by Crippen LogP contribution is 2.28. The number of rotatable bonds is 94. The molecule has 6 atom stereocenters. The summed E-state index contributed by atoms with van der Waals surface area (Å²) in [5.41, 5.74) is 0. The molecule has 2 aliphatic rings. The number of nitrogens with zero attached hydrogens (tertiary/aromatic N) is 4. The molecule has 2 saturated heterocycles. The van der Waals surface area contributed by atoms with Crippen LogP contribution in [0.5, 0.6) is 0 Å². The molecule has 0 bridgehead atoms. The standard InChI is InChI=1S/2C53H108N2O5Si/c2*1-8-12-16-20-23-30-39-50(38-29-19-15-11-4)53(56)58-48-35-27-24-32-44-55(46-42-51-40-37-43-54(51)5)45-33-25-28-36-49-59-61(6,7)60-52(41-31-22-18-14-10-3)57-47-34-26-21-17-13-9-2/h2*50-52H,8-49H2,1-7H3. The number of carbonyl (C=O) groups is 2. The topological polar surface area (TPSA) is 121 Å². The molecule has 0 aromatic carbocycles. The van der Waals surface area contributed by atoms with Crippen molar-refractivity contribution in [3.05, 3.63) is 0 Å². The zero-order chi connectivity index (χ0) is 89.0. The molecule has 14 nitrogen and oxygen atoms in total. The lowest BCUT2D eigenvalue weighted by molar-refractivity contribution is -0.150. The third-order valence-corrected chi connectivity index (χ3v) is 30.0. The second-order valence-corrected chi connectivity index (χ2v) is 45.9. The Balaban J connectivity index is 0.00000122. The second-order valence-electron chi connectivity index (χ2n) is 39.3. The van der Waals surface area contributed by atoms with Crippen LogP contribution in [0, 0.1) is 11.8 Å². The monoisotopic (exact) mass is 1760 g/mol. The zero-order valence-electron chi connectivity index (χ0n) is 84.7. The Morgan fingerprint density at radius 3 is 0.787 bits per heavy atom. The first kappa shape index (κ1) is 119. The summed E-state index contributed by atoms with van der Waals surface area (Å²) in [4.78, 5) is 36.9. The predicted octanol–water partition coefficient (Wildman–Crippen LogP) is 31.1. The fraction of sp³-hybridized carbons (Fsp3) is 0.981. The summed E-state index contributed by atoms with van der Waals surface area (Å²) in [6, 6.07) is 1.50. The van der Waals surface area contributed by atoms with Crippen LogP contribution in [0.2, 0.25) is 26.2 Å². The van der Waals surface area contributed by atoms with Crippen LogP contribution in [-0.2, 0) is 46.2 Å². The van der Waals surface area contributed by atoms with Gasteiger partial charge in [0, 0.05) is 38.5 Å². The highest BCUT2D eigenvalue weighted by molar-refractivity contribution is 6.64. The molecule has 2 rings (SSSR count). The molecule has 6 unspecified atom stereocenters. The Bertz CT molecular complexity index is 2030. The van der Waals surface area contributed by atoms with Crippen LogP contribution in [0.4, 0.5) is 0 Å². The van der Waals surface area contributed by atoms with E-state index in [0.717, 1.165) is 141 Å².